The summed E-state index contributed by atoms with van der Waals surface area (Å²) in [6.07, 6.45) is 8.43. The number of thioether (sulfide) groups is 1. The number of allylic oxidation sites excluding steroid dienone is 2. The quantitative estimate of drug-likeness (QED) is 0.476. The van der Waals surface area contributed by atoms with E-state index in [0.29, 0.717) is 23.2 Å². The number of fused-ring (bicyclic) bond motifs is 3. The molecule has 0 radical (unpaired) electrons. The van der Waals surface area contributed by atoms with Crippen molar-refractivity contribution >= 4 is 11.8 Å². The average molecular weight is 425 g/mol. The summed E-state index contributed by atoms with van der Waals surface area (Å²) in [5.74, 6) is 2.77. The Hall–Kier alpha value is -0.990. The van der Waals surface area contributed by atoms with Crippen molar-refractivity contribution in [3.8, 4) is 0 Å². The number of benzene rings is 1. The number of hydrogen-bond acceptors (Lipinski definition) is 2. The summed E-state index contributed by atoms with van der Waals surface area (Å²) < 4.78 is 0. The van der Waals surface area contributed by atoms with Gasteiger partial charge < -0.3 is 5.11 Å². The Balaban J connectivity index is 1.73. The van der Waals surface area contributed by atoms with E-state index in [2.05, 4.69) is 64.3 Å². The molecular weight excluding hydrogens is 384 g/mol. The first-order valence-corrected chi connectivity index (χ1v) is 12.8. The first kappa shape index (κ1) is 22.2. The van der Waals surface area contributed by atoms with Crippen LogP contribution >= 0.6 is 11.8 Å². The molecule has 3 saturated carbocycles. The van der Waals surface area contributed by atoms with Crippen molar-refractivity contribution in [3.63, 3.8) is 0 Å². The molecule has 0 amide bonds. The van der Waals surface area contributed by atoms with Crippen LogP contribution < -0.4 is 0 Å². The van der Waals surface area contributed by atoms with Crippen LogP contribution in [0.25, 0.3) is 0 Å². The van der Waals surface area contributed by atoms with E-state index in [1.807, 2.05) is 11.8 Å². The Morgan fingerprint density at radius 3 is 2.63 bits per heavy atom. The summed E-state index contributed by atoms with van der Waals surface area (Å²) in [5.41, 5.74) is 2.95. The summed E-state index contributed by atoms with van der Waals surface area (Å²) in [6.45, 7) is 16.2. The minimum absolute atomic E-state index is 0.0264. The fraction of sp³-hybridized carbons (Fsp3) is 0.643. The molecule has 0 bridgehead atoms. The second-order valence-corrected chi connectivity index (χ2v) is 12.2. The van der Waals surface area contributed by atoms with Gasteiger partial charge in [0.25, 0.3) is 0 Å². The molecule has 1 aromatic rings. The van der Waals surface area contributed by atoms with Crippen LogP contribution in [0.5, 0.6) is 0 Å². The lowest BCUT2D eigenvalue weighted by Crippen LogP contribution is -2.60. The summed E-state index contributed by atoms with van der Waals surface area (Å²) in [7, 11) is 0. The van der Waals surface area contributed by atoms with Crippen LogP contribution in [0.3, 0.4) is 0 Å². The lowest BCUT2D eigenvalue weighted by molar-refractivity contribution is -0.136. The summed E-state index contributed by atoms with van der Waals surface area (Å²) in [4.78, 5) is 1.35. The van der Waals surface area contributed by atoms with E-state index in [4.69, 9.17) is 0 Å². The minimum atomic E-state index is -0.0264. The van der Waals surface area contributed by atoms with Crippen molar-refractivity contribution in [1.29, 1.82) is 0 Å². The summed E-state index contributed by atoms with van der Waals surface area (Å²) in [5, 5.41) is 11.4. The summed E-state index contributed by atoms with van der Waals surface area (Å²) in [6, 6.07) is 10.9. The number of aliphatic hydroxyl groups is 1. The first-order valence-electron chi connectivity index (χ1n) is 11.9. The van der Waals surface area contributed by atoms with Gasteiger partial charge in [-0.25, -0.2) is 0 Å². The minimum Gasteiger partial charge on any atom is -0.396 e. The second-order valence-electron chi connectivity index (χ2n) is 10.9. The normalized spacial score (nSPS) is 40.7. The van der Waals surface area contributed by atoms with Gasteiger partial charge in [0.05, 0.1) is 6.61 Å². The molecule has 3 aliphatic carbocycles. The first-order chi connectivity index (χ1) is 14.3. The van der Waals surface area contributed by atoms with Crippen LogP contribution in [-0.4, -0.2) is 17.0 Å². The van der Waals surface area contributed by atoms with Gasteiger partial charge in [0, 0.05) is 15.6 Å². The molecule has 164 valence electrons. The molecule has 0 unspecified atom stereocenters. The highest BCUT2D eigenvalue weighted by molar-refractivity contribution is 8.00. The van der Waals surface area contributed by atoms with Crippen LogP contribution in [0, 0.1) is 34.5 Å². The molecule has 1 nitrogen and oxygen atoms in total. The molecule has 0 aliphatic heterocycles. The predicted octanol–water partition coefficient (Wildman–Crippen LogP) is 7.52. The Bertz CT molecular complexity index is 785. The molecule has 0 saturated heterocycles. The van der Waals surface area contributed by atoms with E-state index >= 15 is 0 Å². The second kappa shape index (κ2) is 8.51. The lowest BCUT2D eigenvalue weighted by atomic mass is 9.43. The highest BCUT2D eigenvalue weighted by Gasteiger charge is 2.65. The van der Waals surface area contributed by atoms with Crippen LogP contribution in [0.2, 0.25) is 0 Å². The van der Waals surface area contributed by atoms with E-state index < -0.39 is 0 Å². The molecule has 1 aromatic carbocycles. The number of hydrogen-bond donors (Lipinski definition) is 1. The zero-order valence-corrected chi connectivity index (χ0v) is 20.0. The molecule has 3 fully saturated rings. The fourth-order valence-electron chi connectivity index (χ4n) is 7.72. The smallest absolute Gasteiger partial charge is 0.0504 e. The van der Waals surface area contributed by atoms with Crippen molar-refractivity contribution in [3.05, 3.63) is 54.6 Å². The van der Waals surface area contributed by atoms with Crippen LogP contribution in [0.4, 0.5) is 0 Å². The third-order valence-electron chi connectivity index (χ3n) is 9.19. The maximum Gasteiger partial charge on any atom is 0.0504 e. The zero-order chi connectivity index (χ0) is 21.5. The largest absolute Gasteiger partial charge is 0.396 e. The maximum absolute atomic E-state index is 10.9. The molecule has 0 spiro atoms. The fourth-order valence-corrected chi connectivity index (χ4v) is 9.25. The highest BCUT2D eigenvalue weighted by Crippen LogP contribution is 2.70. The number of aliphatic hydroxyl groups excluding tert-OH is 1. The van der Waals surface area contributed by atoms with Gasteiger partial charge in [-0.15, -0.1) is 18.3 Å². The summed E-state index contributed by atoms with van der Waals surface area (Å²) >= 11 is 2.03. The molecule has 1 N–H and O–H groups in total. The number of rotatable bonds is 6. The van der Waals surface area contributed by atoms with Gasteiger partial charge >= 0.3 is 0 Å². The van der Waals surface area contributed by atoms with Gasteiger partial charge in [-0.3, -0.25) is 0 Å². The van der Waals surface area contributed by atoms with Gasteiger partial charge in [0.15, 0.2) is 0 Å². The maximum atomic E-state index is 10.9. The SMILES string of the molecule is C=C(C)CC[C@@H]1[C@@H](C)CC[C@@H]2C[C@@H](Sc3ccccc3)[C@@]3(CO)CC(=C)C[C@H]3[C@]21C. The highest BCUT2D eigenvalue weighted by atomic mass is 32.2. The Morgan fingerprint density at radius 1 is 1.23 bits per heavy atom. The average Bonchev–Trinajstić information content (AvgIpc) is 3.08. The Labute approximate surface area is 188 Å². The standard InChI is InChI=1S/C28H40OS/c1-19(2)11-14-24-21(4)12-13-22-16-26(30-23-9-7-6-8-10-23)28(18-29)17-20(3)15-25(28)27(22,24)5/h6-10,21-22,24-26,29H,1,3,11-18H2,2,4-5H3/t21-,22+,24+,25-,26+,27+,28+/m0/s1. The van der Waals surface area contributed by atoms with Crippen molar-refractivity contribution in [2.75, 3.05) is 6.61 Å². The van der Waals surface area contributed by atoms with Crippen LogP contribution in [0.1, 0.15) is 65.7 Å². The molecule has 0 aromatic heterocycles. The van der Waals surface area contributed by atoms with E-state index in [0.717, 1.165) is 37.0 Å². The third-order valence-corrected chi connectivity index (χ3v) is 10.7. The Morgan fingerprint density at radius 2 is 1.97 bits per heavy atom. The molecule has 7 atom stereocenters. The predicted molar refractivity (Wildman–Crippen MR) is 130 cm³/mol. The molecule has 30 heavy (non-hydrogen) atoms. The van der Waals surface area contributed by atoms with Gasteiger partial charge in [0.2, 0.25) is 0 Å². The van der Waals surface area contributed by atoms with Gasteiger partial charge in [0.1, 0.15) is 0 Å². The topological polar surface area (TPSA) is 20.2 Å². The van der Waals surface area contributed by atoms with Gasteiger partial charge in [-0.1, -0.05) is 56.2 Å². The van der Waals surface area contributed by atoms with Gasteiger partial charge in [-0.05, 0) is 86.7 Å². The van der Waals surface area contributed by atoms with E-state index in [1.165, 1.54) is 41.7 Å². The lowest BCUT2D eigenvalue weighted by Gasteiger charge is -2.63. The van der Waals surface area contributed by atoms with Crippen LogP contribution in [-0.2, 0) is 0 Å². The monoisotopic (exact) mass is 424 g/mol. The van der Waals surface area contributed by atoms with Gasteiger partial charge in [-0.2, -0.15) is 0 Å². The van der Waals surface area contributed by atoms with Crippen molar-refractivity contribution in [2.24, 2.45) is 34.5 Å². The van der Waals surface area contributed by atoms with E-state index in [1.54, 1.807) is 0 Å². The van der Waals surface area contributed by atoms with E-state index in [9.17, 15) is 5.11 Å². The van der Waals surface area contributed by atoms with Crippen molar-refractivity contribution < 1.29 is 5.11 Å². The molecule has 2 heteroatoms. The zero-order valence-electron chi connectivity index (χ0n) is 19.2. The molecular formula is C28H40OS. The Kier molecular flexibility index (Phi) is 6.30. The third kappa shape index (κ3) is 3.62. The van der Waals surface area contributed by atoms with Crippen molar-refractivity contribution in [2.45, 2.75) is 75.9 Å². The van der Waals surface area contributed by atoms with E-state index in [-0.39, 0.29) is 5.41 Å². The molecule has 4 rings (SSSR count). The molecule has 3 aliphatic rings. The van der Waals surface area contributed by atoms with Crippen molar-refractivity contribution in [1.82, 2.24) is 0 Å². The molecule has 0 heterocycles. The van der Waals surface area contributed by atoms with Crippen LogP contribution in [0.15, 0.2) is 59.5 Å².